The highest BCUT2D eigenvalue weighted by Gasteiger charge is 2.47. The average molecular weight is 623 g/mol. The number of thioether (sulfide) groups is 1. The van der Waals surface area contributed by atoms with Crippen molar-refractivity contribution in [3.05, 3.63) is 89.0 Å². The van der Waals surface area contributed by atoms with E-state index in [2.05, 4.69) is 39.2 Å². The molecule has 2 aliphatic rings. The van der Waals surface area contributed by atoms with Crippen LogP contribution in [-0.4, -0.2) is 71.3 Å². The van der Waals surface area contributed by atoms with Crippen LogP contribution in [0, 0.1) is 0 Å². The summed E-state index contributed by atoms with van der Waals surface area (Å²) in [6, 6.07) is 21.4. The number of anilines is 1. The maximum atomic E-state index is 12.1. The van der Waals surface area contributed by atoms with Crippen molar-refractivity contribution in [2.45, 2.75) is 41.6 Å². The average Bonchev–Trinajstić information content (AvgIpc) is 3.64. The predicted molar refractivity (Wildman–Crippen MR) is 163 cm³/mol. The fraction of sp³-hybridized carbons (Fsp3) is 0.312. The number of rotatable bonds is 7. The van der Waals surface area contributed by atoms with Crippen LogP contribution in [0.15, 0.2) is 71.6 Å². The number of carboxylic acids is 2. The van der Waals surface area contributed by atoms with Crippen molar-refractivity contribution in [2.24, 2.45) is 0 Å². The molecule has 1 saturated heterocycles. The lowest BCUT2D eigenvalue weighted by molar-refractivity contribution is -0.159. The summed E-state index contributed by atoms with van der Waals surface area (Å²) in [5.41, 5.74) is 4.54. The fourth-order valence-electron chi connectivity index (χ4n) is 5.35. The van der Waals surface area contributed by atoms with Crippen LogP contribution >= 0.6 is 11.8 Å². The van der Waals surface area contributed by atoms with Crippen molar-refractivity contribution in [1.82, 2.24) is 4.90 Å². The van der Waals surface area contributed by atoms with E-state index in [1.807, 2.05) is 18.2 Å². The molecule has 0 spiro atoms. The number of aliphatic hydroxyl groups is 1. The van der Waals surface area contributed by atoms with Gasteiger partial charge >= 0.3 is 23.8 Å². The van der Waals surface area contributed by atoms with Crippen molar-refractivity contribution < 1.29 is 44.0 Å². The minimum absolute atomic E-state index is 0.201. The maximum Gasteiger partial charge on any atom is 0.414 e. The largest absolute Gasteiger partial charge is 0.496 e. The van der Waals surface area contributed by atoms with Gasteiger partial charge in [-0.25, -0.2) is 14.4 Å². The SMILES string of the molecule is COC(=O)C(=O)Nc1ccc(C2(O)Sc3ccccc3C2Cc2ccc(CN3CCCC3)c(OC)c2)cc1.O=C(O)C(=O)O. The third-order valence-corrected chi connectivity index (χ3v) is 8.95. The Bertz CT molecular complexity index is 1510. The van der Waals surface area contributed by atoms with E-state index in [-0.39, 0.29) is 5.92 Å². The molecular weight excluding hydrogens is 588 g/mol. The molecule has 2 atom stereocenters. The molecule has 0 aromatic heterocycles. The number of hydrogen-bond acceptors (Lipinski definition) is 9. The Morgan fingerprint density at radius 2 is 1.61 bits per heavy atom. The lowest BCUT2D eigenvalue weighted by Gasteiger charge is -2.30. The Hall–Kier alpha value is -4.39. The quantitative estimate of drug-likeness (QED) is 0.224. The van der Waals surface area contributed by atoms with Gasteiger partial charge in [-0.1, -0.05) is 54.2 Å². The van der Waals surface area contributed by atoms with Crippen molar-refractivity contribution in [3.8, 4) is 5.75 Å². The van der Waals surface area contributed by atoms with E-state index in [0.717, 1.165) is 54.1 Å². The number of hydrogen-bond donors (Lipinski definition) is 4. The van der Waals surface area contributed by atoms with Gasteiger partial charge in [0, 0.05) is 28.6 Å². The van der Waals surface area contributed by atoms with Crippen molar-refractivity contribution in [1.29, 1.82) is 0 Å². The van der Waals surface area contributed by atoms with Gasteiger partial charge in [0.2, 0.25) is 0 Å². The van der Waals surface area contributed by atoms with Gasteiger partial charge in [0.25, 0.3) is 0 Å². The number of nitrogens with one attached hydrogen (secondary N) is 1. The molecule has 232 valence electrons. The lowest BCUT2D eigenvalue weighted by atomic mass is 9.84. The van der Waals surface area contributed by atoms with Crippen LogP contribution in [-0.2, 0) is 41.8 Å². The predicted octanol–water partition coefficient (Wildman–Crippen LogP) is 3.84. The van der Waals surface area contributed by atoms with Crippen LogP contribution in [0.5, 0.6) is 5.75 Å². The standard InChI is InChI=1S/C30H32N2O5S.C2H2O4/c1-36-26-18-20(9-10-21(26)19-32-15-5-6-16-32)17-25-24-7-3-4-8-27(24)38-30(25,35)22-11-13-23(14-12-22)31-28(33)29(34)37-2;3-1(4)2(5)6/h3-4,7-14,18,25,35H,5-6,15-17,19H2,1-2H3,(H,31,33);(H,3,4)(H,5,6). The van der Waals surface area contributed by atoms with Crippen LogP contribution < -0.4 is 10.1 Å². The topological polar surface area (TPSA) is 163 Å². The number of amides is 1. The molecule has 5 rings (SSSR count). The Kier molecular flexibility index (Phi) is 10.6. The molecule has 0 aliphatic carbocycles. The smallest absolute Gasteiger partial charge is 0.414 e. The highest BCUT2D eigenvalue weighted by atomic mass is 32.2. The molecule has 0 saturated carbocycles. The summed E-state index contributed by atoms with van der Waals surface area (Å²) in [4.78, 5) is 43.8. The molecule has 44 heavy (non-hydrogen) atoms. The first-order valence-electron chi connectivity index (χ1n) is 13.9. The van der Waals surface area contributed by atoms with Gasteiger partial charge in [-0.2, -0.15) is 0 Å². The van der Waals surface area contributed by atoms with Crippen molar-refractivity contribution >= 4 is 41.3 Å². The molecule has 2 unspecified atom stereocenters. The van der Waals surface area contributed by atoms with Gasteiger partial charge in [-0.05, 0) is 73.3 Å². The van der Waals surface area contributed by atoms with Crippen molar-refractivity contribution in [3.63, 3.8) is 0 Å². The number of likely N-dealkylation sites (tertiary alicyclic amines) is 1. The van der Waals surface area contributed by atoms with Gasteiger partial charge in [0.15, 0.2) is 0 Å². The monoisotopic (exact) mass is 622 g/mol. The number of fused-ring (bicyclic) bond motifs is 1. The Labute approximate surface area is 258 Å². The second-order valence-electron chi connectivity index (χ2n) is 10.4. The van der Waals surface area contributed by atoms with E-state index in [0.29, 0.717) is 12.1 Å². The van der Waals surface area contributed by atoms with E-state index in [1.165, 1.54) is 30.2 Å². The summed E-state index contributed by atoms with van der Waals surface area (Å²) in [7, 11) is 2.87. The van der Waals surface area contributed by atoms with E-state index >= 15 is 0 Å². The number of carbonyl (C=O) groups excluding carboxylic acids is 2. The summed E-state index contributed by atoms with van der Waals surface area (Å²) in [6.07, 6.45) is 3.12. The molecule has 0 radical (unpaired) electrons. The van der Waals surface area contributed by atoms with Crippen LogP contribution in [0.1, 0.15) is 41.0 Å². The van der Waals surface area contributed by atoms with E-state index in [9.17, 15) is 14.7 Å². The number of carboxylic acid groups (broad SMARTS) is 2. The fourth-order valence-corrected chi connectivity index (χ4v) is 6.77. The number of aliphatic carboxylic acids is 2. The number of methoxy groups -OCH3 is 2. The first kappa shape index (κ1) is 32.5. The summed E-state index contributed by atoms with van der Waals surface area (Å²) >= 11 is 1.44. The number of carbonyl (C=O) groups is 4. The summed E-state index contributed by atoms with van der Waals surface area (Å²) in [5, 5.41) is 29.4. The van der Waals surface area contributed by atoms with E-state index < -0.39 is 28.7 Å². The van der Waals surface area contributed by atoms with Crippen LogP contribution in [0.25, 0.3) is 0 Å². The Morgan fingerprint density at radius 3 is 2.23 bits per heavy atom. The van der Waals surface area contributed by atoms with Crippen molar-refractivity contribution in [2.75, 3.05) is 32.6 Å². The zero-order chi connectivity index (χ0) is 31.9. The molecule has 12 heteroatoms. The number of esters is 1. The first-order chi connectivity index (χ1) is 21.0. The molecule has 4 N–H and O–H groups in total. The van der Waals surface area contributed by atoms with E-state index in [4.69, 9.17) is 24.5 Å². The highest BCUT2D eigenvalue weighted by molar-refractivity contribution is 8.00. The number of ether oxygens (including phenoxy) is 2. The van der Waals surface area contributed by atoms with Gasteiger partial charge in [0.05, 0.1) is 14.2 Å². The van der Waals surface area contributed by atoms with Gasteiger partial charge in [0.1, 0.15) is 10.7 Å². The van der Waals surface area contributed by atoms with Gasteiger partial charge < -0.3 is 30.1 Å². The minimum atomic E-state index is -1.82. The lowest BCUT2D eigenvalue weighted by Crippen LogP contribution is -2.28. The zero-order valence-corrected chi connectivity index (χ0v) is 25.1. The molecule has 3 aromatic rings. The maximum absolute atomic E-state index is 12.1. The second kappa shape index (κ2) is 14.4. The molecule has 0 bridgehead atoms. The number of benzene rings is 3. The molecule has 3 aromatic carbocycles. The summed E-state index contributed by atoms with van der Waals surface area (Å²) in [6.45, 7) is 3.13. The Morgan fingerprint density at radius 1 is 0.955 bits per heavy atom. The molecule has 2 heterocycles. The van der Waals surface area contributed by atoms with Crippen LogP contribution in [0.4, 0.5) is 5.69 Å². The third-order valence-electron chi connectivity index (χ3n) is 7.53. The van der Waals surface area contributed by atoms with Crippen LogP contribution in [0.2, 0.25) is 0 Å². The molecule has 2 aliphatic heterocycles. The third kappa shape index (κ3) is 7.57. The second-order valence-corrected chi connectivity index (χ2v) is 11.6. The normalized spacial score (nSPS) is 18.8. The first-order valence-corrected chi connectivity index (χ1v) is 14.7. The van der Waals surface area contributed by atoms with Gasteiger partial charge in [-0.15, -0.1) is 0 Å². The summed E-state index contributed by atoms with van der Waals surface area (Å²) in [5.74, 6) is -4.78. The Balaban J connectivity index is 0.000000670. The van der Waals surface area contributed by atoms with Crippen LogP contribution in [0.3, 0.4) is 0 Å². The molecule has 1 fully saturated rings. The van der Waals surface area contributed by atoms with E-state index in [1.54, 1.807) is 31.4 Å². The molecule has 11 nitrogen and oxygen atoms in total. The highest BCUT2D eigenvalue weighted by Crippen LogP contribution is 2.58. The molecular formula is C32H34N2O9S. The summed E-state index contributed by atoms with van der Waals surface area (Å²) < 4.78 is 10.2. The van der Waals surface area contributed by atoms with Gasteiger partial charge in [-0.3, -0.25) is 9.69 Å². The molecule has 1 amide bonds. The zero-order valence-electron chi connectivity index (χ0n) is 24.3. The minimum Gasteiger partial charge on any atom is -0.496 e. The number of nitrogens with zero attached hydrogens (tertiary/aromatic N) is 1.